The molecule has 0 bridgehead atoms. The largest absolute Gasteiger partial charge is 0.461 e. The molecule has 0 amide bonds. The van der Waals surface area contributed by atoms with E-state index in [1.807, 2.05) is 42.5 Å². The number of nitrogens with zero attached hydrogens (tertiary/aromatic N) is 2. The van der Waals surface area contributed by atoms with E-state index in [9.17, 15) is 9.59 Å². The Hall–Kier alpha value is -4.18. The molecule has 1 aromatic carbocycles. The summed E-state index contributed by atoms with van der Waals surface area (Å²) >= 11 is 0. The van der Waals surface area contributed by atoms with Crippen LogP contribution in [0.2, 0.25) is 0 Å². The summed E-state index contributed by atoms with van der Waals surface area (Å²) in [6.07, 6.45) is 6.95. The third kappa shape index (κ3) is 5.95. The van der Waals surface area contributed by atoms with Gasteiger partial charge < -0.3 is 14.8 Å². The van der Waals surface area contributed by atoms with Crippen LogP contribution in [-0.4, -0.2) is 30.1 Å². The van der Waals surface area contributed by atoms with E-state index < -0.39 is 17.9 Å². The maximum atomic E-state index is 13.1. The highest BCUT2D eigenvalue weighted by Gasteiger charge is 2.38. The Bertz CT molecular complexity index is 1130. The smallest absolute Gasteiger partial charge is 0.337 e. The van der Waals surface area contributed by atoms with Crippen LogP contribution in [0.25, 0.3) is 6.08 Å². The Balaban J connectivity index is 1.85. The normalized spacial score (nSPS) is 15.7. The number of carbonyl (C=O) groups is 2. The van der Waals surface area contributed by atoms with E-state index in [0.717, 1.165) is 5.56 Å². The van der Waals surface area contributed by atoms with Gasteiger partial charge in [-0.3, -0.25) is 4.98 Å². The molecule has 3 rings (SSSR count). The minimum atomic E-state index is -0.708. The summed E-state index contributed by atoms with van der Waals surface area (Å²) < 4.78 is 10.8. The molecule has 168 valence electrons. The molecule has 1 atom stereocenters. The molecule has 0 saturated heterocycles. The van der Waals surface area contributed by atoms with Crippen molar-refractivity contribution >= 4 is 18.0 Å². The summed E-state index contributed by atoms with van der Waals surface area (Å²) in [5.41, 5.74) is 3.43. The standard InChI is InChI=1S/C26H25N3O4/c1-18-22(25(30)32-15-7-11-20-9-4-3-5-10-20)24(21-12-6-14-28-17-21)23(19(2)29-18)26(31)33-16-8-13-27/h3-7,9-12,14,17,24,29H,8,15-16H2,1-2H3. The van der Waals surface area contributed by atoms with Crippen LogP contribution in [0.4, 0.5) is 0 Å². The maximum Gasteiger partial charge on any atom is 0.337 e. The van der Waals surface area contributed by atoms with Gasteiger partial charge in [0, 0.05) is 23.8 Å². The van der Waals surface area contributed by atoms with Gasteiger partial charge in [-0.2, -0.15) is 5.26 Å². The first-order valence-corrected chi connectivity index (χ1v) is 10.5. The van der Waals surface area contributed by atoms with Crippen molar-refractivity contribution in [2.45, 2.75) is 26.2 Å². The van der Waals surface area contributed by atoms with Crippen LogP contribution in [0.1, 0.15) is 37.3 Å². The van der Waals surface area contributed by atoms with Gasteiger partial charge in [0.25, 0.3) is 0 Å². The summed E-state index contributed by atoms with van der Waals surface area (Å²) in [6, 6.07) is 15.2. The molecule has 0 radical (unpaired) electrons. The fraction of sp³-hybridized carbons (Fsp3) is 0.231. The van der Waals surface area contributed by atoms with Crippen molar-refractivity contribution in [1.29, 1.82) is 5.26 Å². The number of hydrogen-bond acceptors (Lipinski definition) is 7. The van der Waals surface area contributed by atoms with Crippen LogP contribution in [0.5, 0.6) is 0 Å². The van der Waals surface area contributed by atoms with Crippen molar-refractivity contribution in [1.82, 2.24) is 10.3 Å². The second kappa shape index (κ2) is 11.4. The van der Waals surface area contributed by atoms with Gasteiger partial charge in [-0.25, -0.2) is 9.59 Å². The van der Waals surface area contributed by atoms with Crippen LogP contribution in [0.3, 0.4) is 0 Å². The highest BCUT2D eigenvalue weighted by molar-refractivity contribution is 5.99. The molecule has 0 fully saturated rings. The molecule has 1 N–H and O–H groups in total. The molecule has 2 aromatic rings. The molecule has 1 aliphatic heterocycles. The Morgan fingerprint density at radius 3 is 2.39 bits per heavy atom. The van der Waals surface area contributed by atoms with Crippen molar-refractivity contribution in [2.75, 3.05) is 13.2 Å². The minimum Gasteiger partial charge on any atom is -0.461 e. The second-order valence-corrected chi connectivity index (χ2v) is 7.38. The summed E-state index contributed by atoms with van der Waals surface area (Å²) in [6.45, 7) is 3.56. The lowest BCUT2D eigenvalue weighted by Gasteiger charge is -2.30. The van der Waals surface area contributed by atoms with Crippen molar-refractivity contribution in [3.05, 3.63) is 94.6 Å². The zero-order valence-electron chi connectivity index (χ0n) is 18.6. The molecule has 1 aliphatic rings. The predicted molar refractivity (Wildman–Crippen MR) is 123 cm³/mol. The summed E-state index contributed by atoms with van der Waals surface area (Å²) in [5, 5.41) is 11.9. The van der Waals surface area contributed by atoms with Crippen LogP contribution < -0.4 is 5.32 Å². The summed E-state index contributed by atoms with van der Waals surface area (Å²) in [4.78, 5) is 30.2. The van der Waals surface area contributed by atoms with E-state index >= 15 is 0 Å². The first-order chi connectivity index (χ1) is 16.0. The van der Waals surface area contributed by atoms with Gasteiger partial charge >= 0.3 is 11.9 Å². The molecule has 0 saturated carbocycles. The van der Waals surface area contributed by atoms with Gasteiger partial charge in [0.1, 0.15) is 13.2 Å². The molecule has 7 heteroatoms. The molecule has 1 unspecified atom stereocenters. The van der Waals surface area contributed by atoms with E-state index in [4.69, 9.17) is 14.7 Å². The van der Waals surface area contributed by atoms with Gasteiger partial charge in [-0.15, -0.1) is 0 Å². The molecule has 2 heterocycles. The van der Waals surface area contributed by atoms with Crippen LogP contribution in [0.15, 0.2) is 83.5 Å². The Labute approximate surface area is 193 Å². The molecule has 0 aliphatic carbocycles. The number of ether oxygens (including phenoxy) is 2. The minimum absolute atomic E-state index is 0.0291. The highest BCUT2D eigenvalue weighted by Crippen LogP contribution is 2.38. The number of carbonyl (C=O) groups excluding carboxylic acids is 2. The van der Waals surface area contributed by atoms with E-state index in [1.165, 1.54) is 0 Å². The van der Waals surface area contributed by atoms with Gasteiger partial charge in [-0.05, 0) is 37.1 Å². The highest BCUT2D eigenvalue weighted by atomic mass is 16.5. The average molecular weight is 444 g/mol. The monoisotopic (exact) mass is 443 g/mol. The van der Waals surface area contributed by atoms with Crippen molar-refractivity contribution < 1.29 is 19.1 Å². The fourth-order valence-corrected chi connectivity index (χ4v) is 3.63. The van der Waals surface area contributed by atoms with Gasteiger partial charge in [0.05, 0.1) is 29.6 Å². The second-order valence-electron chi connectivity index (χ2n) is 7.38. The Morgan fingerprint density at radius 1 is 1.06 bits per heavy atom. The van der Waals surface area contributed by atoms with Crippen LogP contribution in [0, 0.1) is 11.3 Å². The number of pyridine rings is 1. The number of aromatic nitrogens is 1. The average Bonchev–Trinajstić information content (AvgIpc) is 2.82. The van der Waals surface area contributed by atoms with E-state index in [1.54, 1.807) is 44.4 Å². The molecular weight excluding hydrogens is 418 g/mol. The quantitative estimate of drug-likeness (QED) is 0.485. The van der Waals surface area contributed by atoms with E-state index in [-0.39, 0.29) is 19.6 Å². The third-order valence-electron chi connectivity index (χ3n) is 5.09. The molecule has 33 heavy (non-hydrogen) atoms. The number of allylic oxidation sites excluding steroid dienone is 2. The number of nitriles is 1. The Kier molecular flexibility index (Phi) is 8.14. The van der Waals surface area contributed by atoms with Crippen molar-refractivity contribution in [2.24, 2.45) is 0 Å². The molecule has 7 nitrogen and oxygen atoms in total. The van der Waals surface area contributed by atoms with Gasteiger partial charge in [0.2, 0.25) is 0 Å². The van der Waals surface area contributed by atoms with E-state index in [0.29, 0.717) is 28.1 Å². The van der Waals surface area contributed by atoms with Crippen molar-refractivity contribution in [3.8, 4) is 6.07 Å². The zero-order valence-corrected chi connectivity index (χ0v) is 18.6. The number of benzene rings is 1. The number of nitrogens with one attached hydrogen (secondary N) is 1. The third-order valence-corrected chi connectivity index (χ3v) is 5.09. The zero-order chi connectivity index (χ0) is 23.6. The first kappa shape index (κ1) is 23.5. The van der Waals surface area contributed by atoms with Gasteiger partial charge in [-0.1, -0.05) is 42.5 Å². The summed E-state index contributed by atoms with van der Waals surface area (Å²) in [7, 11) is 0. The number of esters is 2. The fourth-order valence-electron chi connectivity index (χ4n) is 3.63. The molecular formula is C26H25N3O4. The van der Waals surface area contributed by atoms with Crippen molar-refractivity contribution in [3.63, 3.8) is 0 Å². The maximum absolute atomic E-state index is 13.1. The van der Waals surface area contributed by atoms with Gasteiger partial charge in [0.15, 0.2) is 0 Å². The first-order valence-electron chi connectivity index (χ1n) is 10.5. The summed E-state index contributed by atoms with van der Waals surface area (Å²) in [5.74, 6) is -1.84. The lowest BCUT2D eigenvalue weighted by molar-refractivity contribution is -0.139. The predicted octanol–water partition coefficient (Wildman–Crippen LogP) is 4.03. The van der Waals surface area contributed by atoms with Crippen LogP contribution >= 0.6 is 0 Å². The molecule has 0 spiro atoms. The molecule has 1 aromatic heterocycles. The van der Waals surface area contributed by atoms with Crippen LogP contribution in [-0.2, 0) is 19.1 Å². The van der Waals surface area contributed by atoms with E-state index in [2.05, 4.69) is 10.3 Å². The lowest BCUT2D eigenvalue weighted by atomic mass is 9.81. The Morgan fingerprint density at radius 2 is 1.76 bits per heavy atom. The SMILES string of the molecule is CC1=C(C(=O)OCC=Cc2ccccc2)C(c2cccnc2)C(C(=O)OCCC#N)=C(C)N1. The topological polar surface area (TPSA) is 101 Å². The lowest BCUT2D eigenvalue weighted by Crippen LogP contribution is -2.32. The number of hydrogen-bond donors (Lipinski definition) is 1. The number of rotatable bonds is 8. The number of dihydropyridines is 1.